The molecule has 1 aromatic carbocycles. The van der Waals surface area contributed by atoms with Crippen molar-refractivity contribution >= 4 is 17.8 Å². The average molecular weight is 309 g/mol. The van der Waals surface area contributed by atoms with Gasteiger partial charge in [-0.25, -0.2) is 4.39 Å². The van der Waals surface area contributed by atoms with Gasteiger partial charge in [-0.2, -0.15) is 0 Å². The summed E-state index contributed by atoms with van der Waals surface area (Å²) in [5, 5.41) is 2.66. The Hall–Kier alpha value is -2.44. The molecule has 6 nitrogen and oxygen atoms in total. The summed E-state index contributed by atoms with van der Waals surface area (Å²) in [5.74, 6) is -3.99. The van der Waals surface area contributed by atoms with Crippen molar-refractivity contribution < 1.29 is 28.2 Å². The average Bonchev–Trinajstić information content (AvgIpc) is 2.53. The molecule has 2 rings (SSSR count). The first-order valence-corrected chi connectivity index (χ1v) is 6.68. The summed E-state index contributed by atoms with van der Waals surface area (Å²) >= 11 is 0. The molecule has 22 heavy (non-hydrogen) atoms. The predicted octanol–water partition coefficient (Wildman–Crippen LogP) is 0.965. The van der Waals surface area contributed by atoms with Crippen LogP contribution >= 0.6 is 0 Å². The SMILES string of the molecule is COC(=O)C1CC(=O)NC(c2ccc(F)cc2)[C@@H]1C(=O)OC. The van der Waals surface area contributed by atoms with Crippen LogP contribution in [0.4, 0.5) is 4.39 Å². The highest BCUT2D eigenvalue weighted by molar-refractivity contribution is 5.90. The van der Waals surface area contributed by atoms with Gasteiger partial charge < -0.3 is 14.8 Å². The lowest BCUT2D eigenvalue weighted by Crippen LogP contribution is -2.49. The van der Waals surface area contributed by atoms with Gasteiger partial charge in [0.05, 0.1) is 32.1 Å². The van der Waals surface area contributed by atoms with Crippen LogP contribution in [0.5, 0.6) is 0 Å². The van der Waals surface area contributed by atoms with Crippen molar-refractivity contribution in [2.24, 2.45) is 11.8 Å². The number of nitrogens with one attached hydrogen (secondary N) is 1. The molecule has 1 amide bonds. The van der Waals surface area contributed by atoms with Crippen molar-refractivity contribution in [2.75, 3.05) is 14.2 Å². The van der Waals surface area contributed by atoms with Gasteiger partial charge in [0.15, 0.2) is 0 Å². The van der Waals surface area contributed by atoms with Crippen molar-refractivity contribution in [1.29, 1.82) is 0 Å². The minimum atomic E-state index is -0.943. The van der Waals surface area contributed by atoms with Crippen LogP contribution in [0.15, 0.2) is 24.3 Å². The smallest absolute Gasteiger partial charge is 0.312 e. The van der Waals surface area contributed by atoms with Gasteiger partial charge in [0, 0.05) is 6.42 Å². The van der Waals surface area contributed by atoms with Crippen LogP contribution in [0.1, 0.15) is 18.0 Å². The summed E-state index contributed by atoms with van der Waals surface area (Å²) in [4.78, 5) is 35.9. The maximum atomic E-state index is 13.1. The summed E-state index contributed by atoms with van der Waals surface area (Å²) in [5.41, 5.74) is 0.513. The van der Waals surface area contributed by atoms with Crippen molar-refractivity contribution in [3.05, 3.63) is 35.6 Å². The van der Waals surface area contributed by atoms with E-state index in [0.717, 1.165) is 0 Å². The fourth-order valence-corrected chi connectivity index (χ4v) is 2.66. The molecule has 1 aliphatic heterocycles. The Morgan fingerprint density at radius 3 is 2.27 bits per heavy atom. The van der Waals surface area contributed by atoms with E-state index in [1.165, 1.54) is 38.5 Å². The number of methoxy groups -OCH3 is 2. The Bertz CT molecular complexity index is 586. The van der Waals surface area contributed by atoms with E-state index in [9.17, 15) is 18.8 Å². The van der Waals surface area contributed by atoms with Crippen LogP contribution in [0.2, 0.25) is 0 Å². The first-order valence-electron chi connectivity index (χ1n) is 6.68. The zero-order valence-electron chi connectivity index (χ0n) is 12.2. The van der Waals surface area contributed by atoms with E-state index in [4.69, 9.17) is 4.74 Å². The summed E-state index contributed by atoms with van der Waals surface area (Å²) in [6.07, 6.45) is -0.163. The van der Waals surface area contributed by atoms with E-state index in [2.05, 4.69) is 10.1 Å². The molecule has 1 fully saturated rings. The third-order valence-electron chi connectivity index (χ3n) is 3.72. The number of esters is 2. The van der Waals surface area contributed by atoms with Gasteiger partial charge in [0.1, 0.15) is 5.82 Å². The van der Waals surface area contributed by atoms with E-state index < -0.39 is 35.6 Å². The first-order chi connectivity index (χ1) is 10.5. The number of ether oxygens (including phenoxy) is 2. The summed E-state index contributed by atoms with van der Waals surface area (Å²) < 4.78 is 22.5. The lowest BCUT2D eigenvalue weighted by molar-refractivity contribution is -0.163. The number of hydrogen-bond acceptors (Lipinski definition) is 5. The Kier molecular flexibility index (Phi) is 4.75. The van der Waals surface area contributed by atoms with Gasteiger partial charge in [-0.15, -0.1) is 0 Å². The van der Waals surface area contributed by atoms with Crippen LogP contribution in [-0.2, 0) is 23.9 Å². The molecule has 1 aliphatic rings. The van der Waals surface area contributed by atoms with Crippen LogP contribution in [0, 0.1) is 17.7 Å². The molecule has 1 saturated heterocycles. The molecular formula is C15H16FNO5. The van der Waals surface area contributed by atoms with Gasteiger partial charge in [-0.1, -0.05) is 12.1 Å². The molecule has 1 heterocycles. The maximum absolute atomic E-state index is 13.1. The monoisotopic (exact) mass is 309 g/mol. The Morgan fingerprint density at radius 2 is 1.73 bits per heavy atom. The second-order valence-electron chi connectivity index (χ2n) is 4.98. The maximum Gasteiger partial charge on any atom is 0.312 e. The van der Waals surface area contributed by atoms with E-state index in [0.29, 0.717) is 5.56 Å². The van der Waals surface area contributed by atoms with Gasteiger partial charge in [-0.05, 0) is 17.7 Å². The molecule has 1 N–H and O–H groups in total. The number of rotatable bonds is 3. The number of halogens is 1. The highest BCUT2D eigenvalue weighted by atomic mass is 19.1. The molecule has 0 aliphatic carbocycles. The van der Waals surface area contributed by atoms with E-state index in [-0.39, 0.29) is 12.3 Å². The van der Waals surface area contributed by atoms with Gasteiger partial charge >= 0.3 is 11.9 Å². The second-order valence-corrected chi connectivity index (χ2v) is 4.98. The zero-order valence-corrected chi connectivity index (χ0v) is 12.2. The molecule has 0 bridgehead atoms. The molecule has 2 unspecified atom stereocenters. The van der Waals surface area contributed by atoms with Crippen LogP contribution in [-0.4, -0.2) is 32.1 Å². The predicted molar refractivity (Wildman–Crippen MR) is 72.9 cm³/mol. The van der Waals surface area contributed by atoms with Gasteiger partial charge in [0.25, 0.3) is 0 Å². The van der Waals surface area contributed by atoms with Crippen LogP contribution in [0.3, 0.4) is 0 Å². The number of amides is 1. The van der Waals surface area contributed by atoms with E-state index >= 15 is 0 Å². The molecule has 0 saturated carbocycles. The fraction of sp³-hybridized carbons (Fsp3) is 0.400. The zero-order chi connectivity index (χ0) is 16.3. The van der Waals surface area contributed by atoms with Crippen LogP contribution < -0.4 is 5.32 Å². The molecule has 0 aromatic heterocycles. The number of hydrogen-bond donors (Lipinski definition) is 1. The lowest BCUT2D eigenvalue weighted by Gasteiger charge is -2.35. The topological polar surface area (TPSA) is 81.7 Å². The minimum Gasteiger partial charge on any atom is -0.469 e. The number of carbonyl (C=O) groups is 3. The summed E-state index contributed by atoms with van der Waals surface area (Å²) in [6, 6.07) is 4.57. The first kappa shape index (κ1) is 15.9. The third kappa shape index (κ3) is 3.08. The number of benzene rings is 1. The number of piperidine rings is 1. The lowest BCUT2D eigenvalue weighted by atomic mass is 9.77. The molecule has 0 radical (unpaired) electrons. The molecule has 0 spiro atoms. The quantitative estimate of drug-likeness (QED) is 0.841. The second kappa shape index (κ2) is 6.55. The summed E-state index contributed by atoms with van der Waals surface area (Å²) in [7, 11) is 2.39. The van der Waals surface area contributed by atoms with Gasteiger partial charge in [-0.3, -0.25) is 14.4 Å². The van der Waals surface area contributed by atoms with Crippen molar-refractivity contribution in [3.8, 4) is 0 Å². The standard InChI is InChI=1S/C15H16FNO5/c1-21-14(19)10-7-11(18)17-13(12(10)15(20)22-2)8-3-5-9(16)6-4-8/h3-6,10,12-13H,7H2,1-2H3,(H,17,18)/t10?,12-,13?/m1/s1. The van der Waals surface area contributed by atoms with Gasteiger partial charge in [0.2, 0.25) is 5.91 Å². The highest BCUT2D eigenvalue weighted by Gasteiger charge is 2.46. The summed E-state index contributed by atoms with van der Waals surface area (Å²) in [6.45, 7) is 0. The van der Waals surface area contributed by atoms with Crippen molar-refractivity contribution in [2.45, 2.75) is 12.5 Å². The fourth-order valence-electron chi connectivity index (χ4n) is 2.66. The highest BCUT2D eigenvalue weighted by Crippen LogP contribution is 2.35. The van der Waals surface area contributed by atoms with E-state index in [1.807, 2.05) is 0 Å². The van der Waals surface area contributed by atoms with Crippen molar-refractivity contribution in [1.82, 2.24) is 5.32 Å². The van der Waals surface area contributed by atoms with Crippen LogP contribution in [0.25, 0.3) is 0 Å². The molecule has 7 heteroatoms. The molecule has 1 aromatic rings. The molecular weight excluding hydrogens is 293 g/mol. The Balaban J connectivity index is 2.43. The minimum absolute atomic E-state index is 0.163. The Morgan fingerprint density at radius 1 is 1.14 bits per heavy atom. The largest absolute Gasteiger partial charge is 0.469 e. The Labute approximate surface area is 126 Å². The van der Waals surface area contributed by atoms with Crippen molar-refractivity contribution in [3.63, 3.8) is 0 Å². The third-order valence-corrected chi connectivity index (χ3v) is 3.72. The normalized spacial score (nSPS) is 24.3. The number of carbonyl (C=O) groups excluding carboxylic acids is 3. The van der Waals surface area contributed by atoms with E-state index in [1.54, 1.807) is 0 Å². The molecule has 118 valence electrons. The molecule has 3 atom stereocenters.